The Balaban J connectivity index is 1.92. The summed E-state index contributed by atoms with van der Waals surface area (Å²) in [6.07, 6.45) is 0.995. The molecule has 0 aliphatic carbocycles. The van der Waals surface area contributed by atoms with E-state index in [0.29, 0.717) is 12.1 Å². The standard InChI is InChI=1S/C22H27N3O5S/c1-4-24(5-2)17-11-9-16(10-12-17)23-31(28,29)20-15-18(13-14-19(20)30-3)25-21(26)7-6-8-22(25)27/h9-15,23H,4-8H2,1-3H3. The fourth-order valence-corrected chi connectivity index (χ4v) is 4.84. The fraction of sp³-hybridized carbons (Fsp3) is 0.364. The molecule has 31 heavy (non-hydrogen) atoms. The summed E-state index contributed by atoms with van der Waals surface area (Å²) in [6.45, 7) is 5.80. The lowest BCUT2D eigenvalue weighted by molar-refractivity contribution is -0.129. The molecule has 1 N–H and O–H groups in total. The van der Waals surface area contributed by atoms with Gasteiger partial charge in [-0.15, -0.1) is 0 Å². The molecule has 0 spiro atoms. The van der Waals surface area contributed by atoms with Gasteiger partial charge in [0.2, 0.25) is 11.8 Å². The lowest BCUT2D eigenvalue weighted by Gasteiger charge is -2.25. The molecule has 2 aromatic rings. The summed E-state index contributed by atoms with van der Waals surface area (Å²) in [4.78, 5) is 27.6. The van der Waals surface area contributed by atoms with Gasteiger partial charge in [-0.25, -0.2) is 8.42 Å². The first kappa shape index (κ1) is 22.6. The zero-order valence-corrected chi connectivity index (χ0v) is 18.7. The summed E-state index contributed by atoms with van der Waals surface area (Å²) >= 11 is 0. The van der Waals surface area contributed by atoms with E-state index in [-0.39, 0.29) is 41.0 Å². The number of anilines is 3. The molecule has 0 aromatic heterocycles. The minimum Gasteiger partial charge on any atom is -0.495 e. The topological polar surface area (TPSA) is 96.0 Å². The van der Waals surface area contributed by atoms with Gasteiger partial charge >= 0.3 is 0 Å². The first-order valence-electron chi connectivity index (χ1n) is 10.2. The van der Waals surface area contributed by atoms with Crippen molar-refractivity contribution in [1.82, 2.24) is 0 Å². The number of rotatable bonds is 8. The highest BCUT2D eigenvalue weighted by Gasteiger charge is 2.29. The van der Waals surface area contributed by atoms with E-state index in [9.17, 15) is 18.0 Å². The van der Waals surface area contributed by atoms with Gasteiger partial charge in [-0.05, 0) is 62.7 Å². The van der Waals surface area contributed by atoms with Gasteiger partial charge in [-0.3, -0.25) is 19.2 Å². The molecule has 1 saturated heterocycles. The molecule has 0 bridgehead atoms. The average molecular weight is 446 g/mol. The number of carbonyl (C=O) groups excluding carboxylic acids is 2. The number of sulfonamides is 1. The van der Waals surface area contributed by atoms with E-state index >= 15 is 0 Å². The highest BCUT2D eigenvalue weighted by atomic mass is 32.2. The summed E-state index contributed by atoms with van der Waals surface area (Å²) in [5, 5.41) is 0. The van der Waals surface area contributed by atoms with Crippen LogP contribution in [0, 0.1) is 0 Å². The Bertz CT molecular complexity index is 1050. The van der Waals surface area contributed by atoms with Crippen LogP contribution in [0.5, 0.6) is 5.75 Å². The normalized spacial score (nSPS) is 14.5. The Hall–Kier alpha value is -3.07. The summed E-state index contributed by atoms with van der Waals surface area (Å²) in [5.41, 5.74) is 1.61. The highest BCUT2D eigenvalue weighted by Crippen LogP contribution is 2.32. The van der Waals surface area contributed by atoms with Gasteiger partial charge in [0, 0.05) is 37.3 Å². The Kier molecular flexibility index (Phi) is 6.84. The van der Waals surface area contributed by atoms with Crippen LogP contribution in [0.4, 0.5) is 17.1 Å². The van der Waals surface area contributed by atoms with Gasteiger partial charge in [0.05, 0.1) is 12.8 Å². The quantitative estimate of drug-likeness (QED) is 0.626. The number of piperidine rings is 1. The molecule has 0 radical (unpaired) electrons. The number of hydrogen-bond acceptors (Lipinski definition) is 6. The third-order valence-electron chi connectivity index (χ3n) is 5.22. The molecule has 1 aliphatic heterocycles. The van der Waals surface area contributed by atoms with Crippen molar-refractivity contribution in [1.29, 1.82) is 0 Å². The smallest absolute Gasteiger partial charge is 0.265 e. The van der Waals surface area contributed by atoms with Crippen LogP contribution in [0.3, 0.4) is 0 Å². The molecular weight excluding hydrogens is 418 g/mol. The first-order chi connectivity index (χ1) is 14.8. The van der Waals surface area contributed by atoms with Gasteiger partial charge in [-0.2, -0.15) is 0 Å². The summed E-state index contributed by atoms with van der Waals surface area (Å²) in [6, 6.07) is 11.3. The number of imide groups is 1. The zero-order valence-electron chi connectivity index (χ0n) is 17.9. The van der Waals surface area contributed by atoms with E-state index in [1.54, 1.807) is 12.1 Å². The van der Waals surface area contributed by atoms with E-state index < -0.39 is 10.0 Å². The zero-order chi connectivity index (χ0) is 22.6. The molecule has 0 atom stereocenters. The number of amides is 2. The summed E-state index contributed by atoms with van der Waals surface area (Å²) < 4.78 is 34.0. The molecule has 3 rings (SSSR count). The SMILES string of the molecule is CCN(CC)c1ccc(NS(=O)(=O)c2cc(N3C(=O)CCCC3=O)ccc2OC)cc1. The largest absolute Gasteiger partial charge is 0.495 e. The second-order valence-corrected chi connectivity index (χ2v) is 8.79. The number of carbonyl (C=O) groups is 2. The highest BCUT2D eigenvalue weighted by molar-refractivity contribution is 7.92. The predicted molar refractivity (Wildman–Crippen MR) is 120 cm³/mol. The second kappa shape index (κ2) is 9.38. The van der Waals surface area contributed by atoms with E-state index in [2.05, 4.69) is 23.5 Å². The molecule has 2 aromatic carbocycles. The molecule has 0 unspecified atom stereocenters. The van der Waals surface area contributed by atoms with E-state index in [0.717, 1.165) is 23.7 Å². The van der Waals surface area contributed by atoms with Gasteiger partial charge < -0.3 is 9.64 Å². The molecule has 9 heteroatoms. The molecule has 1 fully saturated rings. The van der Waals surface area contributed by atoms with E-state index in [1.807, 2.05) is 12.1 Å². The first-order valence-corrected chi connectivity index (χ1v) is 11.7. The maximum Gasteiger partial charge on any atom is 0.265 e. The van der Waals surface area contributed by atoms with E-state index in [1.165, 1.54) is 25.3 Å². The van der Waals surface area contributed by atoms with Crippen molar-refractivity contribution in [2.75, 3.05) is 34.7 Å². The molecule has 0 saturated carbocycles. The Morgan fingerprint density at radius 3 is 2.16 bits per heavy atom. The van der Waals surface area contributed by atoms with Crippen LogP contribution in [-0.2, 0) is 19.6 Å². The van der Waals surface area contributed by atoms with Crippen molar-refractivity contribution >= 4 is 38.9 Å². The van der Waals surface area contributed by atoms with Gasteiger partial charge in [0.1, 0.15) is 10.6 Å². The lowest BCUT2D eigenvalue weighted by Crippen LogP contribution is -2.40. The van der Waals surface area contributed by atoms with Crippen molar-refractivity contribution in [2.24, 2.45) is 0 Å². The van der Waals surface area contributed by atoms with Gasteiger partial charge in [-0.1, -0.05) is 0 Å². The predicted octanol–water partition coefficient (Wildman–Crippen LogP) is 3.39. The van der Waals surface area contributed by atoms with Crippen molar-refractivity contribution in [2.45, 2.75) is 38.0 Å². The number of benzene rings is 2. The maximum absolute atomic E-state index is 13.1. The number of hydrogen-bond donors (Lipinski definition) is 1. The van der Waals surface area contributed by atoms with Crippen molar-refractivity contribution < 1.29 is 22.7 Å². The average Bonchev–Trinajstić information content (AvgIpc) is 2.75. The molecule has 2 amide bonds. The molecule has 166 valence electrons. The van der Waals surface area contributed by atoms with Gasteiger partial charge in [0.15, 0.2) is 0 Å². The van der Waals surface area contributed by atoms with Crippen LogP contribution in [0.1, 0.15) is 33.1 Å². The minimum atomic E-state index is -4.03. The Morgan fingerprint density at radius 2 is 1.61 bits per heavy atom. The van der Waals surface area contributed by atoms with Crippen molar-refractivity contribution in [3.8, 4) is 5.75 Å². The number of nitrogens with one attached hydrogen (secondary N) is 1. The van der Waals surface area contributed by atoms with Crippen LogP contribution in [0.15, 0.2) is 47.4 Å². The van der Waals surface area contributed by atoms with Crippen LogP contribution < -0.4 is 19.3 Å². The van der Waals surface area contributed by atoms with Crippen LogP contribution in [0.2, 0.25) is 0 Å². The van der Waals surface area contributed by atoms with Crippen molar-refractivity contribution in [3.05, 3.63) is 42.5 Å². The van der Waals surface area contributed by atoms with Crippen molar-refractivity contribution in [3.63, 3.8) is 0 Å². The molecule has 8 nitrogen and oxygen atoms in total. The summed E-state index contributed by atoms with van der Waals surface area (Å²) in [5.74, 6) is -0.567. The third kappa shape index (κ3) is 4.82. The second-order valence-electron chi connectivity index (χ2n) is 7.14. The molecule has 1 aliphatic rings. The number of nitrogens with zero attached hydrogens (tertiary/aromatic N) is 2. The fourth-order valence-electron chi connectivity index (χ4n) is 3.60. The molecular formula is C22H27N3O5S. The molecule has 1 heterocycles. The van der Waals surface area contributed by atoms with Crippen LogP contribution in [0.25, 0.3) is 0 Å². The minimum absolute atomic E-state index is 0.118. The van der Waals surface area contributed by atoms with Crippen LogP contribution in [-0.4, -0.2) is 40.4 Å². The van der Waals surface area contributed by atoms with Gasteiger partial charge in [0.25, 0.3) is 10.0 Å². The number of methoxy groups -OCH3 is 1. The van der Waals surface area contributed by atoms with E-state index in [4.69, 9.17) is 4.74 Å². The lowest BCUT2D eigenvalue weighted by atomic mass is 10.1. The van der Waals surface area contributed by atoms with Crippen LogP contribution >= 0.6 is 0 Å². The third-order valence-corrected chi connectivity index (χ3v) is 6.63. The number of ether oxygens (including phenoxy) is 1. The Labute approximate surface area is 182 Å². The maximum atomic E-state index is 13.1. The Morgan fingerprint density at radius 1 is 1.00 bits per heavy atom. The monoisotopic (exact) mass is 445 g/mol. The summed E-state index contributed by atoms with van der Waals surface area (Å²) in [7, 11) is -2.67.